The summed E-state index contributed by atoms with van der Waals surface area (Å²) in [5.41, 5.74) is 4.38. The van der Waals surface area contributed by atoms with Crippen molar-refractivity contribution in [2.45, 2.75) is 26.9 Å². The summed E-state index contributed by atoms with van der Waals surface area (Å²) in [7, 11) is 0. The van der Waals surface area contributed by atoms with Crippen molar-refractivity contribution < 1.29 is 5.11 Å². The summed E-state index contributed by atoms with van der Waals surface area (Å²) in [6.07, 6.45) is 0.886. The Morgan fingerprint density at radius 1 is 1.31 bits per heavy atom. The standard InChI is InChI=1S/C13H16N2O/c1-3-11-13(15-12(8-16)14-11)10-7-5-4-6-9(10)2/h4-7,16H,3,8H2,1-2H3,(H,14,15). The van der Waals surface area contributed by atoms with Crippen molar-refractivity contribution in [2.75, 3.05) is 0 Å². The van der Waals surface area contributed by atoms with Crippen LogP contribution in [0.4, 0.5) is 0 Å². The molecule has 0 fully saturated rings. The summed E-state index contributed by atoms with van der Waals surface area (Å²) in [5.74, 6) is 0.634. The Morgan fingerprint density at radius 3 is 2.69 bits per heavy atom. The minimum absolute atomic E-state index is 0.0428. The van der Waals surface area contributed by atoms with E-state index in [1.54, 1.807) is 0 Å². The third-order valence-corrected chi connectivity index (χ3v) is 2.73. The molecule has 1 aromatic carbocycles. The quantitative estimate of drug-likeness (QED) is 0.827. The molecule has 16 heavy (non-hydrogen) atoms. The number of nitrogens with one attached hydrogen (secondary N) is 1. The van der Waals surface area contributed by atoms with Gasteiger partial charge in [0.1, 0.15) is 12.4 Å². The molecule has 0 unspecified atom stereocenters. The first kappa shape index (κ1) is 10.9. The second-order valence-corrected chi connectivity index (χ2v) is 3.84. The van der Waals surface area contributed by atoms with Crippen LogP contribution in [-0.2, 0) is 13.0 Å². The summed E-state index contributed by atoms with van der Waals surface area (Å²) in [6, 6.07) is 8.16. The number of aryl methyl sites for hydroxylation is 2. The van der Waals surface area contributed by atoms with Gasteiger partial charge in [-0.25, -0.2) is 4.98 Å². The van der Waals surface area contributed by atoms with Crippen LogP contribution in [0.5, 0.6) is 0 Å². The van der Waals surface area contributed by atoms with Gasteiger partial charge in [0, 0.05) is 11.3 Å². The SMILES string of the molecule is CCc1[nH]c(CO)nc1-c1ccccc1C. The van der Waals surface area contributed by atoms with Gasteiger partial charge in [-0.3, -0.25) is 0 Å². The molecule has 0 aliphatic carbocycles. The molecular weight excluding hydrogens is 200 g/mol. The number of aliphatic hydroxyl groups excluding tert-OH is 1. The van der Waals surface area contributed by atoms with Gasteiger partial charge in [-0.1, -0.05) is 31.2 Å². The number of aliphatic hydroxyl groups is 1. The Labute approximate surface area is 95.2 Å². The largest absolute Gasteiger partial charge is 0.388 e. The average molecular weight is 216 g/mol. The summed E-state index contributed by atoms with van der Waals surface area (Å²) < 4.78 is 0. The van der Waals surface area contributed by atoms with E-state index in [0.717, 1.165) is 23.4 Å². The molecule has 0 atom stereocenters. The summed E-state index contributed by atoms with van der Waals surface area (Å²) in [5, 5.41) is 9.09. The molecule has 3 nitrogen and oxygen atoms in total. The molecule has 0 saturated heterocycles. The third kappa shape index (κ3) is 1.86. The Hall–Kier alpha value is -1.61. The normalized spacial score (nSPS) is 10.7. The van der Waals surface area contributed by atoms with Crippen molar-refractivity contribution in [3.8, 4) is 11.3 Å². The van der Waals surface area contributed by atoms with Gasteiger partial charge >= 0.3 is 0 Å². The molecule has 2 N–H and O–H groups in total. The fourth-order valence-corrected chi connectivity index (χ4v) is 1.86. The Bertz CT molecular complexity index is 488. The maximum Gasteiger partial charge on any atom is 0.132 e. The number of imidazole rings is 1. The molecule has 0 aliphatic heterocycles. The number of aromatic amines is 1. The van der Waals surface area contributed by atoms with Gasteiger partial charge in [-0.2, -0.15) is 0 Å². The van der Waals surface area contributed by atoms with Crippen molar-refractivity contribution in [1.82, 2.24) is 9.97 Å². The van der Waals surface area contributed by atoms with Crippen LogP contribution in [0, 0.1) is 6.92 Å². The van der Waals surface area contributed by atoms with E-state index < -0.39 is 0 Å². The van der Waals surface area contributed by atoms with Crippen LogP contribution in [-0.4, -0.2) is 15.1 Å². The molecule has 2 rings (SSSR count). The van der Waals surface area contributed by atoms with Crippen LogP contribution in [0.15, 0.2) is 24.3 Å². The lowest BCUT2D eigenvalue weighted by atomic mass is 10.0. The van der Waals surface area contributed by atoms with Crippen LogP contribution in [0.2, 0.25) is 0 Å². The van der Waals surface area contributed by atoms with E-state index in [-0.39, 0.29) is 6.61 Å². The van der Waals surface area contributed by atoms with Crippen LogP contribution in [0.25, 0.3) is 11.3 Å². The van der Waals surface area contributed by atoms with E-state index in [9.17, 15) is 0 Å². The van der Waals surface area contributed by atoms with Gasteiger partial charge in [-0.05, 0) is 18.9 Å². The van der Waals surface area contributed by atoms with E-state index >= 15 is 0 Å². The smallest absolute Gasteiger partial charge is 0.132 e. The predicted octanol–water partition coefficient (Wildman–Crippen LogP) is 2.44. The summed E-state index contributed by atoms with van der Waals surface area (Å²) in [4.78, 5) is 7.57. The zero-order chi connectivity index (χ0) is 11.5. The first-order valence-corrected chi connectivity index (χ1v) is 5.51. The molecule has 1 aromatic heterocycles. The van der Waals surface area contributed by atoms with Gasteiger partial charge in [0.05, 0.1) is 5.69 Å². The maximum atomic E-state index is 9.09. The highest BCUT2D eigenvalue weighted by molar-refractivity contribution is 5.65. The van der Waals surface area contributed by atoms with Gasteiger partial charge in [0.25, 0.3) is 0 Å². The lowest BCUT2D eigenvalue weighted by Gasteiger charge is -2.03. The highest BCUT2D eigenvalue weighted by atomic mass is 16.3. The zero-order valence-corrected chi connectivity index (χ0v) is 9.62. The Kier molecular flexibility index (Phi) is 3.06. The van der Waals surface area contributed by atoms with Crippen LogP contribution in [0.1, 0.15) is 24.0 Å². The van der Waals surface area contributed by atoms with E-state index in [4.69, 9.17) is 5.11 Å². The number of aromatic nitrogens is 2. The minimum atomic E-state index is -0.0428. The molecule has 0 bridgehead atoms. The highest BCUT2D eigenvalue weighted by Crippen LogP contribution is 2.25. The lowest BCUT2D eigenvalue weighted by molar-refractivity contribution is 0.272. The molecular formula is C13H16N2O. The van der Waals surface area contributed by atoms with Crippen molar-refractivity contribution in [3.63, 3.8) is 0 Å². The van der Waals surface area contributed by atoms with Crippen LogP contribution < -0.4 is 0 Å². The van der Waals surface area contributed by atoms with E-state index in [0.29, 0.717) is 5.82 Å². The maximum absolute atomic E-state index is 9.09. The lowest BCUT2D eigenvalue weighted by Crippen LogP contribution is -1.88. The topological polar surface area (TPSA) is 48.9 Å². The third-order valence-electron chi connectivity index (χ3n) is 2.73. The Balaban J connectivity index is 2.54. The number of hydrogen-bond acceptors (Lipinski definition) is 2. The Morgan fingerprint density at radius 2 is 2.06 bits per heavy atom. The van der Waals surface area contributed by atoms with Crippen LogP contribution >= 0.6 is 0 Å². The molecule has 0 amide bonds. The molecule has 0 radical (unpaired) electrons. The first-order valence-electron chi connectivity index (χ1n) is 5.51. The molecule has 0 saturated carbocycles. The van der Waals surface area contributed by atoms with Gasteiger partial charge in [0.15, 0.2) is 0 Å². The number of hydrogen-bond donors (Lipinski definition) is 2. The zero-order valence-electron chi connectivity index (χ0n) is 9.62. The summed E-state index contributed by atoms with van der Waals surface area (Å²) in [6.45, 7) is 4.11. The van der Waals surface area contributed by atoms with Gasteiger partial charge in [0.2, 0.25) is 0 Å². The highest BCUT2D eigenvalue weighted by Gasteiger charge is 2.11. The van der Waals surface area contributed by atoms with Crippen LogP contribution in [0.3, 0.4) is 0 Å². The monoisotopic (exact) mass is 216 g/mol. The van der Waals surface area contributed by atoms with Crippen molar-refractivity contribution >= 4 is 0 Å². The van der Waals surface area contributed by atoms with E-state index in [1.165, 1.54) is 5.56 Å². The average Bonchev–Trinajstić information content (AvgIpc) is 2.72. The summed E-state index contributed by atoms with van der Waals surface area (Å²) >= 11 is 0. The molecule has 0 spiro atoms. The molecule has 0 aliphatic rings. The van der Waals surface area contributed by atoms with Gasteiger partial charge < -0.3 is 10.1 Å². The van der Waals surface area contributed by atoms with E-state index in [2.05, 4.69) is 35.9 Å². The number of rotatable bonds is 3. The second kappa shape index (κ2) is 4.49. The molecule has 2 aromatic rings. The minimum Gasteiger partial charge on any atom is -0.388 e. The molecule has 84 valence electrons. The second-order valence-electron chi connectivity index (χ2n) is 3.84. The number of H-pyrrole nitrogens is 1. The van der Waals surface area contributed by atoms with E-state index in [1.807, 2.05) is 12.1 Å². The molecule has 3 heteroatoms. The van der Waals surface area contributed by atoms with Crippen molar-refractivity contribution in [1.29, 1.82) is 0 Å². The van der Waals surface area contributed by atoms with Crippen molar-refractivity contribution in [3.05, 3.63) is 41.3 Å². The van der Waals surface area contributed by atoms with Gasteiger partial charge in [-0.15, -0.1) is 0 Å². The first-order chi connectivity index (χ1) is 7.76. The van der Waals surface area contributed by atoms with Crippen molar-refractivity contribution in [2.24, 2.45) is 0 Å². The predicted molar refractivity (Wildman–Crippen MR) is 64.1 cm³/mol. The fraction of sp³-hybridized carbons (Fsp3) is 0.308. The fourth-order valence-electron chi connectivity index (χ4n) is 1.86. The molecule has 1 heterocycles. The number of nitrogens with zero attached hydrogens (tertiary/aromatic N) is 1. The number of benzene rings is 1.